The van der Waals surface area contributed by atoms with Gasteiger partial charge in [0.25, 0.3) is 0 Å². The van der Waals surface area contributed by atoms with E-state index in [0.29, 0.717) is 6.54 Å². The molecule has 35 heavy (non-hydrogen) atoms. The van der Waals surface area contributed by atoms with E-state index >= 15 is 0 Å². The van der Waals surface area contributed by atoms with Crippen molar-refractivity contribution in [2.75, 3.05) is 11.9 Å². The Hall–Kier alpha value is -4.52. The number of carbonyl (C=O) groups excluding carboxylic acids is 2. The van der Waals surface area contributed by atoms with Gasteiger partial charge in [0.15, 0.2) is 0 Å². The molecule has 0 radical (unpaired) electrons. The van der Waals surface area contributed by atoms with Crippen LogP contribution in [0.3, 0.4) is 0 Å². The van der Waals surface area contributed by atoms with Gasteiger partial charge in [-0.2, -0.15) is 5.10 Å². The molecule has 2 amide bonds. The van der Waals surface area contributed by atoms with Gasteiger partial charge < -0.3 is 10.6 Å². The zero-order valence-corrected chi connectivity index (χ0v) is 19.7. The number of carbonyl (C=O) groups is 2. The van der Waals surface area contributed by atoms with Gasteiger partial charge in [0, 0.05) is 41.5 Å². The van der Waals surface area contributed by atoms with Crippen molar-refractivity contribution in [1.29, 1.82) is 0 Å². The Kier molecular flexibility index (Phi) is 7.47. The van der Waals surface area contributed by atoms with Gasteiger partial charge in [0.2, 0.25) is 11.8 Å². The van der Waals surface area contributed by atoms with Gasteiger partial charge in [-0.3, -0.25) is 19.3 Å². The first-order valence-electron chi connectivity index (χ1n) is 11.3. The van der Waals surface area contributed by atoms with Crippen molar-refractivity contribution in [2.24, 2.45) is 0 Å². The lowest BCUT2D eigenvalue weighted by molar-refractivity contribution is -0.121. The van der Waals surface area contributed by atoms with E-state index in [1.807, 2.05) is 85.4 Å². The van der Waals surface area contributed by atoms with Crippen LogP contribution in [0.5, 0.6) is 0 Å². The maximum Gasteiger partial charge on any atom is 0.244 e. The molecule has 7 nitrogen and oxygen atoms in total. The lowest BCUT2D eigenvalue weighted by atomic mass is 10.1. The average Bonchev–Trinajstić information content (AvgIpc) is 3.27. The van der Waals surface area contributed by atoms with Gasteiger partial charge in [-0.05, 0) is 48.7 Å². The third-order valence-corrected chi connectivity index (χ3v) is 5.50. The van der Waals surface area contributed by atoms with Crippen LogP contribution >= 0.6 is 0 Å². The second-order valence-corrected chi connectivity index (χ2v) is 8.22. The van der Waals surface area contributed by atoms with E-state index in [4.69, 9.17) is 5.10 Å². The summed E-state index contributed by atoms with van der Waals surface area (Å²) in [5.74, 6) is -0.648. The molecule has 4 aromatic rings. The first kappa shape index (κ1) is 23.6. The first-order valence-corrected chi connectivity index (χ1v) is 11.3. The van der Waals surface area contributed by atoms with Gasteiger partial charge >= 0.3 is 0 Å². The Labute approximate surface area is 204 Å². The molecule has 0 aliphatic carbocycles. The van der Waals surface area contributed by atoms with Gasteiger partial charge in [-0.25, -0.2) is 0 Å². The van der Waals surface area contributed by atoms with Crippen LogP contribution in [-0.4, -0.2) is 33.1 Å². The number of hydrogen-bond donors (Lipinski definition) is 2. The van der Waals surface area contributed by atoms with Crippen LogP contribution in [0.15, 0.2) is 85.3 Å². The predicted molar refractivity (Wildman–Crippen MR) is 138 cm³/mol. The Morgan fingerprint density at radius 2 is 1.74 bits per heavy atom. The molecule has 0 unspecified atom stereocenters. The third kappa shape index (κ3) is 6.29. The fourth-order valence-corrected chi connectivity index (χ4v) is 3.72. The molecule has 0 aliphatic rings. The zero-order chi connectivity index (χ0) is 24.6. The van der Waals surface area contributed by atoms with E-state index in [-0.39, 0.29) is 18.4 Å². The van der Waals surface area contributed by atoms with Crippen LogP contribution in [0.25, 0.3) is 17.3 Å². The summed E-state index contributed by atoms with van der Waals surface area (Å²) in [4.78, 5) is 29.0. The van der Waals surface area contributed by atoms with Gasteiger partial charge in [0.1, 0.15) is 5.69 Å². The number of benzene rings is 2. The third-order valence-electron chi connectivity index (χ3n) is 5.50. The molecule has 0 aliphatic heterocycles. The second-order valence-electron chi connectivity index (χ2n) is 8.22. The average molecular weight is 466 g/mol. The molecule has 2 aromatic carbocycles. The fourth-order valence-electron chi connectivity index (χ4n) is 3.72. The van der Waals surface area contributed by atoms with Crippen molar-refractivity contribution in [2.45, 2.75) is 20.4 Å². The monoisotopic (exact) mass is 465 g/mol. The summed E-state index contributed by atoms with van der Waals surface area (Å²) < 4.78 is 1.84. The van der Waals surface area contributed by atoms with Crippen LogP contribution in [0.2, 0.25) is 0 Å². The van der Waals surface area contributed by atoms with Crippen molar-refractivity contribution >= 4 is 23.6 Å². The minimum Gasteiger partial charge on any atom is -0.343 e. The van der Waals surface area contributed by atoms with Crippen LogP contribution < -0.4 is 10.6 Å². The Bertz CT molecular complexity index is 1320. The van der Waals surface area contributed by atoms with Crippen molar-refractivity contribution in [1.82, 2.24) is 20.1 Å². The molecule has 0 bridgehead atoms. The normalized spacial score (nSPS) is 10.9. The standard InChI is InChI=1S/C28H27N5O2/c1-20-8-6-9-21(2)27(20)31-26(35)17-30-25(34)14-13-24-19-33(18-22-10-4-3-5-11-22)32-28(24)23-12-7-15-29-16-23/h3-16,19H,17-18H2,1-2H3,(H,30,34)(H,31,35)/b14-13+. The van der Waals surface area contributed by atoms with E-state index in [1.165, 1.54) is 6.08 Å². The highest BCUT2D eigenvalue weighted by molar-refractivity contribution is 5.99. The number of nitrogens with one attached hydrogen (secondary N) is 2. The first-order chi connectivity index (χ1) is 17.0. The molecule has 0 spiro atoms. The molecule has 176 valence electrons. The number of rotatable bonds is 8. The number of anilines is 1. The minimum absolute atomic E-state index is 0.125. The summed E-state index contributed by atoms with van der Waals surface area (Å²) in [6, 6.07) is 19.6. The number of para-hydroxylation sites is 1. The van der Waals surface area contributed by atoms with E-state index in [2.05, 4.69) is 15.6 Å². The number of aryl methyl sites for hydroxylation is 2. The highest BCUT2D eigenvalue weighted by Crippen LogP contribution is 2.23. The number of hydrogen-bond acceptors (Lipinski definition) is 4. The van der Waals surface area contributed by atoms with Crippen LogP contribution in [0.4, 0.5) is 5.69 Å². The zero-order valence-electron chi connectivity index (χ0n) is 19.7. The molecular weight excluding hydrogens is 438 g/mol. The summed E-state index contributed by atoms with van der Waals surface area (Å²) in [5.41, 5.74) is 6.20. The molecule has 0 fully saturated rings. The lowest BCUT2D eigenvalue weighted by Crippen LogP contribution is -2.32. The molecule has 0 atom stereocenters. The number of pyridine rings is 1. The minimum atomic E-state index is -0.366. The number of amides is 2. The molecule has 7 heteroatoms. The van der Waals surface area contributed by atoms with Crippen molar-refractivity contribution in [3.63, 3.8) is 0 Å². The highest BCUT2D eigenvalue weighted by atomic mass is 16.2. The summed E-state index contributed by atoms with van der Waals surface area (Å²) in [7, 11) is 0. The van der Waals surface area contributed by atoms with Gasteiger partial charge in [-0.1, -0.05) is 48.5 Å². The smallest absolute Gasteiger partial charge is 0.244 e. The van der Waals surface area contributed by atoms with E-state index in [0.717, 1.165) is 39.2 Å². The summed E-state index contributed by atoms with van der Waals surface area (Å²) >= 11 is 0. The summed E-state index contributed by atoms with van der Waals surface area (Å²) in [6.45, 7) is 4.34. The van der Waals surface area contributed by atoms with E-state index in [9.17, 15) is 9.59 Å². The van der Waals surface area contributed by atoms with Crippen molar-refractivity contribution in [3.05, 3.63) is 108 Å². The topological polar surface area (TPSA) is 88.9 Å². The largest absolute Gasteiger partial charge is 0.343 e. The van der Waals surface area contributed by atoms with Crippen LogP contribution in [0.1, 0.15) is 22.3 Å². The Balaban J connectivity index is 1.44. The molecule has 0 saturated heterocycles. The molecular formula is C28H27N5O2. The quantitative estimate of drug-likeness (QED) is 0.378. The SMILES string of the molecule is Cc1cccc(C)c1NC(=O)CNC(=O)/C=C/c1cn(Cc2ccccc2)nc1-c1cccnc1. The maximum atomic E-state index is 12.4. The lowest BCUT2D eigenvalue weighted by Gasteiger charge is -2.11. The second kappa shape index (κ2) is 11.1. The summed E-state index contributed by atoms with van der Waals surface area (Å²) in [6.07, 6.45) is 8.46. The predicted octanol–water partition coefficient (Wildman–Crippen LogP) is 4.38. The maximum absolute atomic E-state index is 12.4. The number of nitrogens with zero attached hydrogens (tertiary/aromatic N) is 3. The molecule has 2 N–H and O–H groups in total. The highest BCUT2D eigenvalue weighted by Gasteiger charge is 2.11. The van der Waals surface area contributed by atoms with Gasteiger partial charge in [-0.15, -0.1) is 0 Å². The van der Waals surface area contributed by atoms with Crippen molar-refractivity contribution < 1.29 is 9.59 Å². The fraction of sp³-hybridized carbons (Fsp3) is 0.143. The van der Waals surface area contributed by atoms with E-state index in [1.54, 1.807) is 18.5 Å². The molecule has 2 heterocycles. The van der Waals surface area contributed by atoms with E-state index < -0.39 is 0 Å². The van der Waals surface area contributed by atoms with Crippen molar-refractivity contribution in [3.8, 4) is 11.3 Å². The molecule has 4 rings (SSSR count). The van der Waals surface area contributed by atoms with Crippen LogP contribution in [0, 0.1) is 13.8 Å². The Morgan fingerprint density at radius 3 is 2.46 bits per heavy atom. The van der Waals surface area contributed by atoms with Gasteiger partial charge in [0.05, 0.1) is 13.1 Å². The molecule has 2 aromatic heterocycles. The number of aromatic nitrogens is 3. The summed E-state index contributed by atoms with van der Waals surface area (Å²) in [5, 5.41) is 10.2. The Morgan fingerprint density at radius 1 is 0.971 bits per heavy atom. The molecule has 0 saturated carbocycles. The van der Waals surface area contributed by atoms with Crippen LogP contribution in [-0.2, 0) is 16.1 Å².